The van der Waals surface area contributed by atoms with E-state index < -0.39 is 0 Å². The molecule has 0 spiro atoms. The highest BCUT2D eigenvalue weighted by molar-refractivity contribution is 5.92. The van der Waals surface area contributed by atoms with Gasteiger partial charge in [0.2, 0.25) is 0 Å². The largest absolute Gasteiger partial charge is 0.379 e. The second kappa shape index (κ2) is 6.49. The summed E-state index contributed by atoms with van der Waals surface area (Å²) in [5.74, 6) is -0.0394. The monoisotopic (exact) mass is 291 g/mol. The fourth-order valence-corrected chi connectivity index (χ4v) is 3.18. The van der Waals surface area contributed by atoms with Crippen LogP contribution in [-0.4, -0.2) is 58.8 Å². The molecule has 0 unspecified atom stereocenters. The second-order valence-corrected chi connectivity index (χ2v) is 5.48. The van der Waals surface area contributed by atoms with Crippen molar-refractivity contribution in [2.24, 2.45) is 0 Å². The first-order valence-electron chi connectivity index (χ1n) is 7.59. The zero-order chi connectivity index (χ0) is 14.7. The molecule has 114 valence electrons. The van der Waals surface area contributed by atoms with E-state index in [-0.39, 0.29) is 24.2 Å². The maximum absolute atomic E-state index is 12.5. The summed E-state index contributed by atoms with van der Waals surface area (Å²) in [5.41, 5.74) is 0.412. The Kier molecular flexibility index (Phi) is 4.45. The first-order chi connectivity index (χ1) is 10.3. The van der Waals surface area contributed by atoms with Gasteiger partial charge in [-0.25, -0.2) is 4.98 Å². The summed E-state index contributed by atoms with van der Waals surface area (Å²) in [6.45, 7) is 4.08. The van der Waals surface area contributed by atoms with Crippen molar-refractivity contribution in [1.82, 2.24) is 14.9 Å². The van der Waals surface area contributed by atoms with Gasteiger partial charge in [-0.3, -0.25) is 9.78 Å². The van der Waals surface area contributed by atoms with Crippen LogP contribution >= 0.6 is 0 Å². The summed E-state index contributed by atoms with van der Waals surface area (Å²) in [6, 6.07) is 0.164. The Morgan fingerprint density at radius 3 is 3.10 bits per heavy atom. The van der Waals surface area contributed by atoms with Crippen molar-refractivity contribution in [1.29, 1.82) is 0 Å². The molecule has 2 aliphatic heterocycles. The lowest BCUT2D eigenvalue weighted by atomic mass is 9.99. The van der Waals surface area contributed by atoms with Crippen LogP contribution < -0.4 is 0 Å². The van der Waals surface area contributed by atoms with Crippen molar-refractivity contribution in [3.63, 3.8) is 0 Å². The molecule has 1 aromatic heterocycles. The highest BCUT2D eigenvalue weighted by atomic mass is 16.5. The first kappa shape index (κ1) is 14.4. The van der Waals surface area contributed by atoms with E-state index in [2.05, 4.69) is 9.97 Å². The standard InChI is InChI=1S/C15H21N3O3/c1-2-20-10-11-3-4-13-14(21-11)5-8-18(13)15(19)12-9-16-6-7-17-12/h6-7,9,11,13-14H,2-5,8,10H2,1H3/t11-,13+,14+/m0/s1. The van der Waals surface area contributed by atoms with E-state index in [4.69, 9.17) is 9.47 Å². The number of fused-ring (bicyclic) bond motifs is 1. The maximum Gasteiger partial charge on any atom is 0.274 e. The van der Waals surface area contributed by atoms with Gasteiger partial charge in [-0.1, -0.05) is 0 Å². The fraction of sp³-hybridized carbons (Fsp3) is 0.667. The second-order valence-electron chi connectivity index (χ2n) is 5.48. The number of rotatable bonds is 4. The molecule has 0 aromatic carbocycles. The van der Waals surface area contributed by atoms with Gasteiger partial charge in [0.25, 0.3) is 5.91 Å². The lowest BCUT2D eigenvalue weighted by Crippen LogP contribution is -2.46. The molecular weight excluding hydrogens is 270 g/mol. The van der Waals surface area contributed by atoms with Gasteiger partial charge in [0, 0.05) is 25.5 Å². The minimum absolute atomic E-state index is 0.0394. The number of carbonyl (C=O) groups excluding carboxylic acids is 1. The van der Waals surface area contributed by atoms with Gasteiger partial charge in [0.05, 0.1) is 31.1 Å². The molecule has 3 atom stereocenters. The van der Waals surface area contributed by atoms with Crippen LogP contribution in [0.1, 0.15) is 36.7 Å². The number of amides is 1. The van der Waals surface area contributed by atoms with Crippen LogP contribution in [0.3, 0.4) is 0 Å². The molecule has 1 aromatic rings. The van der Waals surface area contributed by atoms with Gasteiger partial charge < -0.3 is 14.4 Å². The summed E-state index contributed by atoms with van der Waals surface area (Å²) >= 11 is 0. The highest BCUT2D eigenvalue weighted by Gasteiger charge is 2.42. The SMILES string of the molecule is CCOC[C@@H]1CC[C@@H]2[C@@H](CCN2C(=O)c2cnccn2)O1. The van der Waals surface area contributed by atoms with Crippen molar-refractivity contribution in [3.8, 4) is 0 Å². The van der Waals surface area contributed by atoms with Gasteiger partial charge in [0.1, 0.15) is 5.69 Å². The molecule has 2 fully saturated rings. The molecule has 0 radical (unpaired) electrons. The predicted octanol–water partition coefficient (Wildman–Crippen LogP) is 1.28. The lowest BCUT2D eigenvalue weighted by molar-refractivity contribution is -0.0951. The summed E-state index contributed by atoms with van der Waals surface area (Å²) in [6.07, 6.45) is 7.74. The average molecular weight is 291 g/mol. The van der Waals surface area contributed by atoms with Crippen LogP contribution in [0.4, 0.5) is 0 Å². The molecule has 2 saturated heterocycles. The average Bonchev–Trinajstić information content (AvgIpc) is 2.96. The number of carbonyl (C=O) groups is 1. The van der Waals surface area contributed by atoms with Crippen molar-refractivity contribution in [2.45, 2.75) is 44.4 Å². The Balaban J connectivity index is 1.62. The summed E-state index contributed by atoms with van der Waals surface area (Å²) < 4.78 is 11.5. The van der Waals surface area contributed by atoms with Crippen LogP contribution in [0.15, 0.2) is 18.6 Å². The third-order valence-corrected chi connectivity index (χ3v) is 4.19. The van der Waals surface area contributed by atoms with Crippen molar-refractivity contribution in [2.75, 3.05) is 19.8 Å². The Morgan fingerprint density at radius 1 is 1.43 bits per heavy atom. The third-order valence-electron chi connectivity index (χ3n) is 4.19. The van der Waals surface area contributed by atoms with E-state index in [0.29, 0.717) is 18.9 Å². The van der Waals surface area contributed by atoms with Crippen molar-refractivity contribution in [3.05, 3.63) is 24.3 Å². The number of likely N-dealkylation sites (tertiary alicyclic amines) is 1. The fourth-order valence-electron chi connectivity index (χ4n) is 3.18. The molecule has 0 saturated carbocycles. The van der Waals surface area contributed by atoms with Gasteiger partial charge in [-0.05, 0) is 26.2 Å². The maximum atomic E-state index is 12.5. The van der Waals surface area contributed by atoms with E-state index >= 15 is 0 Å². The summed E-state index contributed by atoms with van der Waals surface area (Å²) in [5, 5.41) is 0. The Hall–Kier alpha value is -1.53. The van der Waals surface area contributed by atoms with Crippen LogP contribution in [-0.2, 0) is 9.47 Å². The van der Waals surface area contributed by atoms with Gasteiger partial charge in [0.15, 0.2) is 0 Å². The topological polar surface area (TPSA) is 64.5 Å². The molecule has 0 aliphatic carbocycles. The molecule has 1 amide bonds. The minimum Gasteiger partial charge on any atom is -0.379 e. The molecule has 2 aliphatic rings. The number of aromatic nitrogens is 2. The van der Waals surface area contributed by atoms with E-state index in [9.17, 15) is 4.79 Å². The van der Waals surface area contributed by atoms with Crippen LogP contribution in [0.2, 0.25) is 0 Å². The van der Waals surface area contributed by atoms with Crippen LogP contribution in [0.25, 0.3) is 0 Å². The number of hydrogen-bond donors (Lipinski definition) is 0. The van der Waals surface area contributed by atoms with Crippen LogP contribution in [0.5, 0.6) is 0 Å². The third kappa shape index (κ3) is 3.06. The number of hydrogen-bond acceptors (Lipinski definition) is 5. The quantitative estimate of drug-likeness (QED) is 0.836. The molecule has 0 N–H and O–H groups in total. The Bertz CT molecular complexity index is 482. The highest BCUT2D eigenvalue weighted by Crippen LogP contribution is 2.32. The van der Waals surface area contributed by atoms with Gasteiger partial charge in [-0.2, -0.15) is 0 Å². The van der Waals surface area contributed by atoms with E-state index in [1.807, 2.05) is 11.8 Å². The molecule has 21 heavy (non-hydrogen) atoms. The Morgan fingerprint density at radius 2 is 2.33 bits per heavy atom. The molecule has 3 heterocycles. The van der Waals surface area contributed by atoms with E-state index in [1.54, 1.807) is 12.4 Å². The molecule has 0 bridgehead atoms. The van der Waals surface area contributed by atoms with E-state index in [1.165, 1.54) is 6.20 Å². The smallest absolute Gasteiger partial charge is 0.274 e. The number of ether oxygens (including phenoxy) is 2. The molecule has 6 nitrogen and oxygen atoms in total. The predicted molar refractivity (Wildman–Crippen MR) is 75.9 cm³/mol. The molecule has 6 heteroatoms. The Labute approximate surface area is 124 Å². The summed E-state index contributed by atoms with van der Waals surface area (Å²) in [7, 11) is 0. The molecule has 3 rings (SSSR count). The van der Waals surface area contributed by atoms with Gasteiger partial charge >= 0.3 is 0 Å². The van der Waals surface area contributed by atoms with Crippen LogP contribution in [0, 0.1) is 0 Å². The summed E-state index contributed by atoms with van der Waals surface area (Å²) in [4.78, 5) is 22.5. The zero-order valence-corrected chi connectivity index (χ0v) is 12.3. The number of nitrogens with zero attached hydrogens (tertiary/aromatic N) is 3. The van der Waals surface area contributed by atoms with Gasteiger partial charge in [-0.15, -0.1) is 0 Å². The van der Waals surface area contributed by atoms with E-state index in [0.717, 1.165) is 25.8 Å². The lowest BCUT2D eigenvalue weighted by Gasteiger charge is -2.35. The zero-order valence-electron chi connectivity index (χ0n) is 12.3. The van der Waals surface area contributed by atoms with Crippen molar-refractivity contribution < 1.29 is 14.3 Å². The minimum atomic E-state index is -0.0394. The van der Waals surface area contributed by atoms with Crippen molar-refractivity contribution >= 4 is 5.91 Å². The molecular formula is C15H21N3O3. The first-order valence-corrected chi connectivity index (χ1v) is 7.59. The normalized spacial score (nSPS) is 28.4.